The van der Waals surface area contributed by atoms with Crippen molar-refractivity contribution in [3.8, 4) is 0 Å². The molecule has 1 aliphatic heterocycles. The number of carbonyl (C=O) groups is 3. The summed E-state index contributed by atoms with van der Waals surface area (Å²) in [7, 11) is 0. The first-order valence-corrected chi connectivity index (χ1v) is 11.7. The van der Waals surface area contributed by atoms with Gasteiger partial charge in [-0.25, -0.2) is 18.9 Å². The van der Waals surface area contributed by atoms with Crippen molar-refractivity contribution in [1.29, 1.82) is 0 Å². The lowest BCUT2D eigenvalue weighted by Gasteiger charge is -2.19. The highest BCUT2D eigenvalue weighted by Gasteiger charge is 2.38. The summed E-state index contributed by atoms with van der Waals surface area (Å²) in [5.41, 5.74) is 1.60. The molecule has 0 bridgehead atoms. The summed E-state index contributed by atoms with van der Waals surface area (Å²) in [5, 5.41) is 11.0. The first-order chi connectivity index (χ1) is 18.3. The number of nitro benzene ring substituents is 1. The van der Waals surface area contributed by atoms with Crippen molar-refractivity contribution < 1.29 is 33.2 Å². The zero-order chi connectivity index (χ0) is 27.1. The average molecular weight is 518 g/mol. The summed E-state index contributed by atoms with van der Waals surface area (Å²) in [5.74, 6) is -1.65. The molecule has 0 N–H and O–H groups in total. The molecular weight excluding hydrogens is 495 g/mol. The number of benzene rings is 3. The number of imide groups is 1. The Labute approximate surface area is 217 Å². The minimum absolute atomic E-state index is 0.00679. The van der Waals surface area contributed by atoms with Gasteiger partial charge in [0.15, 0.2) is 0 Å². The topological polar surface area (TPSA) is 116 Å². The Balaban J connectivity index is 1.46. The van der Waals surface area contributed by atoms with Crippen LogP contribution in [-0.2, 0) is 14.3 Å². The number of cyclic esters (lactones) is 1. The van der Waals surface area contributed by atoms with Gasteiger partial charge in [-0.3, -0.25) is 14.9 Å². The van der Waals surface area contributed by atoms with E-state index in [1.54, 1.807) is 6.08 Å². The predicted molar refractivity (Wildman–Crippen MR) is 134 cm³/mol. The van der Waals surface area contributed by atoms with E-state index in [4.69, 9.17) is 9.47 Å². The number of halogens is 1. The van der Waals surface area contributed by atoms with Crippen LogP contribution in [0.3, 0.4) is 0 Å². The second-order valence-corrected chi connectivity index (χ2v) is 8.43. The number of ether oxygens (including phenoxy) is 2. The smallest absolute Gasteiger partial charge is 0.417 e. The molecule has 4 rings (SSSR count). The maximum Gasteiger partial charge on any atom is 0.417 e. The average Bonchev–Trinajstić information content (AvgIpc) is 3.32. The lowest BCUT2D eigenvalue weighted by molar-refractivity contribution is -0.384. The molecule has 10 heteroatoms. The summed E-state index contributed by atoms with van der Waals surface area (Å²) in [6.07, 6.45) is 1.13. The standard InChI is InChI=1S/C28H23FN2O7/c29-23-14-12-19(13-15-23)22(17-37-27(33)21-8-4-10-24(16-21)31(35)36)9-5-11-26(32)30-25(18-38-28(30)34)20-6-2-1-3-7-20/h1-4,6-10,12-16,25H,5,11,17-18H2/t25-/m1/s1. The fourth-order valence-corrected chi connectivity index (χ4v) is 4.01. The molecule has 0 unspecified atom stereocenters. The van der Waals surface area contributed by atoms with Crippen molar-refractivity contribution in [2.75, 3.05) is 13.2 Å². The van der Waals surface area contributed by atoms with Crippen LogP contribution < -0.4 is 0 Å². The van der Waals surface area contributed by atoms with Gasteiger partial charge in [0.1, 0.15) is 25.1 Å². The highest BCUT2D eigenvalue weighted by molar-refractivity contribution is 5.94. The molecule has 0 aliphatic carbocycles. The molecule has 1 heterocycles. The van der Waals surface area contributed by atoms with Crippen LogP contribution in [0.2, 0.25) is 0 Å². The first-order valence-electron chi connectivity index (χ1n) is 11.7. The fraction of sp³-hybridized carbons (Fsp3) is 0.179. The van der Waals surface area contributed by atoms with Crippen LogP contribution in [0.25, 0.3) is 5.57 Å². The lowest BCUT2D eigenvalue weighted by atomic mass is 10.0. The molecule has 38 heavy (non-hydrogen) atoms. The molecule has 1 aliphatic rings. The van der Waals surface area contributed by atoms with E-state index in [0.717, 1.165) is 16.5 Å². The molecule has 3 aromatic carbocycles. The van der Waals surface area contributed by atoms with Crippen molar-refractivity contribution >= 4 is 29.2 Å². The van der Waals surface area contributed by atoms with Gasteiger partial charge in [0.05, 0.1) is 10.5 Å². The third-order valence-electron chi connectivity index (χ3n) is 5.94. The maximum atomic E-state index is 13.5. The van der Waals surface area contributed by atoms with Gasteiger partial charge in [0.25, 0.3) is 5.69 Å². The third-order valence-corrected chi connectivity index (χ3v) is 5.94. The van der Waals surface area contributed by atoms with Crippen molar-refractivity contribution in [1.82, 2.24) is 4.90 Å². The predicted octanol–water partition coefficient (Wildman–Crippen LogP) is 5.47. The van der Waals surface area contributed by atoms with Gasteiger partial charge in [-0.1, -0.05) is 54.6 Å². The fourth-order valence-electron chi connectivity index (χ4n) is 4.01. The molecular formula is C28H23FN2O7. The van der Waals surface area contributed by atoms with Gasteiger partial charge in [0, 0.05) is 18.6 Å². The molecule has 1 fully saturated rings. The van der Waals surface area contributed by atoms with Gasteiger partial charge in [0.2, 0.25) is 5.91 Å². The number of nitro groups is 1. The maximum absolute atomic E-state index is 13.5. The second kappa shape index (κ2) is 11.9. The van der Waals surface area contributed by atoms with E-state index in [-0.39, 0.29) is 37.3 Å². The summed E-state index contributed by atoms with van der Waals surface area (Å²) in [6.45, 7) is -0.154. The van der Waals surface area contributed by atoms with Crippen molar-refractivity contribution in [2.24, 2.45) is 0 Å². The van der Waals surface area contributed by atoms with E-state index in [0.29, 0.717) is 11.1 Å². The molecule has 9 nitrogen and oxygen atoms in total. The van der Waals surface area contributed by atoms with Crippen LogP contribution in [0.5, 0.6) is 0 Å². The Hall–Kier alpha value is -4.86. The molecule has 1 saturated heterocycles. The summed E-state index contributed by atoms with van der Waals surface area (Å²) < 4.78 is 24.0. The first kappa shape index (κ1) is 26.2. The molecule has 0 saturated carbocycles. The highest BCUT2D eigenvalue weighted by atomic mass is 19.1. The van der Waals surface area contributed by atoms with Crippen LogP contribution in [0, 0.1) is 15.9 Å². The van der Waals surface area contributed by atoms with Crippen molar-refractivity contribution in [3.63, 3.8) is 0 Å². The van der Waals surface area contributed by atoms with Gasteiger partial charge < -0.3 is 9.47 Å². The van der Waals surface area contributed by atoms with E-state index >= 15 is 0 Å². The zero-order valence-corrected chi connectivity index (χ0v) is 20.1. The van der Waals surface area contributed by atoms with Crippen LogP contribution in [0.15, 0.2) is 84.9 Å². The van der Waals surface area contributed by atoms with Gasteiger partial charge >= 0.3 is 12.1 Å². The Morgan fingerprint density at radius 3 is 2.50 bits per heavy atom. The van der Waals surface area contributed by atoms with E-state index in [1.165, 1.54) is 42.5 Å². The van der Waals surface area contributed by atoms with Gasteiger partial charge in [-0.05, 0) is 41.3 Å². The quantitative estimate of drug-likeness (QED) is 0.209. The molecule has 0 aromatic heterocycles. The van der Waals surface area contributed by atoms with Crippen LogP contribution in [0.1, 0.15) is 40.4 Å². The Morgan fingerprint density at radius 2 is 1.79 bits per heavy atom. The Morgan fingerprint density at radius 1 is 1.05 bits per heavy atom. The Kier molecular flexibility index (Phi) is 8.22. The molecule has 1 atom stereocenters. The van der Waals surface area contributed by atoms with Crippen LogP contribution in [-0.4, -0.2) is 41.0 Å². The molecule has 3 aromatic rings. The van der Waals surface area contributed by atoms with E-state index in [1.807, 2.05) is 30.3 Å². The number of allylic oxidation sites excluding steroid dienone is 1. The van der Waals surface area contributed by atoms with E-state index in [9.17, 15) is 28.9 Å². The van der Waals surface area contributed by atoms with Crippen molar-refractivity contribution in [3.05, 3.63) is 118 Å². The second-order valence-electron chi connectivity index (χ2n) is 8.43. The van der Waals surface area contributed by atoms with Gasteiger partial charge in [-0.2, -0.15) is 0 Å². The molecule has 2 amide bonds. The Bertz CT molecular complexity index is 1370. The van der Waals surface area contributed by atoms with E-state index < -0.39 is 34.8 Å². The third kappa shape index (κ3) is 6.28. The number of non-ortho nitro benzene ring substituents is 1. The number of carbonyl (C=O) groups excluding carboxylic acids is 3. The molecule has 0 spiro atoms. The van der Waals surface area contributed by atoms with Crippen LogP contribution in [0.4, 0.5) is 14.9 Å². The summed E-state index contributed by atoms with van der Waals surface area (Å²) >= 11 is 0. The largest absolute Gasteiger partial charge is 0.457 e. The van der Waals surface area contributed by atoms with Crippen molar-refractivity contribution in [2.45, 2.75) is 18.9 Å². The minimum atomic E-state index is -0.775. The molecule has 194 valence electrons. The SMILES string of the molecule is O=C(OCC(=CCCC(=O)N1C(=O)OC[C@@H]1c1ccccc1)c1ccc(F)cc1)c1cccc([N+](=O)[O-])c1. The summed E-state index contributed by atoms with van der Waals surface area (Å²) in [4.78, 5) is 49.2. The number of amides is 2. The normalized spacial score (nSPS) is 15.2. The summed E-state index contributed by atoms with van der Waals surface area (Å²) in [6, 6.07) is 19.2. The van der Waals surface area contributed by atoms with Gasteiger partial charge in [-0.15, -0.1) is 0 Å². The van der Waals surface area contributed by atoms with E-state index in [2.05, 4.69) is 0 Å². The number of rotatable bonds is 9. The van der Waals surface area contributed by atoms with Crippen LogP contribution >= 0.6 is 0 Å². The lowest BCUT2D eigenvalue weighted by Crippen LogP contribution is -2.33. The number of esters is 1. The highest BCUT2D eigenvalue weighted by Crippen LogP contribution is 2.29. The molecule has 0 radical (unpaired) electrons. The zero-order valence-electron chi connectivity index (χ0n) is 20.1. The monoisotopic (exact) mass is 518 g/mol. The number of nitrogens with zero attached hydrogens (tertiary/aromatic N) is 2. The number of hydrogen-bond acceptors (Lipinski definition) is 7. The minimum Gasteiger partial charge on any atom is -0.457 e. The number of hydrogen-bond donors (Lipinski definition) is 0.